The second kappa shape index (κ2) is 10.6. The van der Waals surface area contributed by atoms with Gasteiger partial charge in [-0.1, -0.05) is 49.1 Å². The highest BCUT2D eigenvalue weighted by atomic mass is 35.5. The second-order valence-corrected chi connectivity index (χ2v) is 8.57. The molecular formula is C22H24ClFN2O2S. The van der Waals surface area contributed by atoms with Crippen LogP contribution in [0.1, 0.15) is 42.5 Å². The van der Waals surface area contributed by atoms with E-state index in [0.29, 0.717) is 16.4 Å². The van der Waals surface area contributed by atoms with Crippen molar-refractivity contribution in [3.63, 3.8) is 0 Å². The van der Waals surface area contributed by atoms with Crippen LogP contribution in [0.4, 0.5) is 10.1 Å². The fraction of sp³-hybridized carbons (Fsp3) is 0.364. The van der Waals surface area contributed by atoms with Gasteiger partial charge in [0.1, 0.15) is 0 Å². The van der Waals surface area contributed by atoms with Gasteiger partial charge in [-0.25, -0.2) is 4.39 Å². The predicted octanol–water partition coefficient (Wildman–Crippen LogP) is 5.52. The maximum Gasteiger partial charge on any atom is 0.256 e. The zero-order valence-electron chi connectivity index (χ0n) is 16.0. The first-order chi connectivity index (χ1) is 14.0. The molecule has 0 atom stereocenters. The van der Waals surface area contributed by atoms with Gasteiger partial charge in [0.2, 0.25) is 5.91 Å². The lowest BCUT2D eigenvalue weighted by Gasteiger charge is -2.21. The summed E-state index contributed by atoms with van der Waals surface area (Å²) in [5.74, 6) is -0.366. The average Bonchev–Trinajstić information content (AvgIpc) is 2.75. The SMILES string of the molecule is O=C(CSc1ccccc1C(=O)Nc1cccc(Cl)c1F)NCC1CCCCC1. The normalized spacial score (nSPS) is 14.4. The average molecular weight is 435 g/mol. The number of benzene rings is 2. The Kier molecular flexibility index (Phi) is 7.95. The highest BCUT2D eigenvalue weighted by Gasteiger charge is 2.17. The van der Waals surface area contributed by atoms with Crippen molar-refractivity contribution in [3.05, 3.63) is 58.9 Å². The predicted molar refractivity (Wildman–Crippen MR) is 116 cm³/mol. The molecule has 2 amide bonds. The summed E-state index contributed by atoms with van der Waals surface area (Å²) in [6.07, 6.45) is 6.13. The van der Waals surface area contributed by atoms with Crippen molar-refractivity contribution < 1.29 is 14.0 Å². The molecule has 0 aromatic heterocycles. The summed E-state index contributed by atoms with van der Waals surface area (Å²) in [4.78, 5) is 25.5. The number of nitrogens with one attached hydrogen (secondary N) is 2. The van der Waals surface area contributed by atoms with Crippen molar-refractivity contribution in [2.45, 2.75) is 37.0 Å². The van der Waals surface area contributed by atoms with Crippen LogP contribution in [0.5, 0.6) is 0 Å². The van der Waals surface area contributed by atoms with E-state index in [0.717, 1.165) is 6.54 Å². The molecule has 1 aliphatic rings. The number of anilines is 1. The van der Waals surface area contributed by atoms with Crippen LogP contribution in [0.15, 0.2) is 47.4 Å². The zero-order chi connectivity index (χ0) is 20.6. The highest BCUT2D eigenvalue weighted by Crippen LogP contribution is 2.26. The van der Waals surface area contributed by atoms with Gasteiger partial charge in [0.15, 0.2) is 5.82 Å². The molecule has 7 heteroatoms. The van der Waals surface area contributed by atoms with Gasteiger partial charge in [0.25, 0.3) is 5.91 Å². The second-order valence-electron chi connectivity index (χ2n) is 7.15. The molecule has 0 radical (unpaired) electrons. The smallest absolute Gasteiger partial charge is 0.256 e. The van der Waals surface area contributed by atoms with E-state index in [1.165, 1.54) is 56.0 Å². The molecule has 2 aromatic carbocycles. The minimum atomic E-state index is -0.672. The van der Waals surface area contributed by atoms with Gasteiger partial charge in [0.05, 0.1) is 22.0 Å². The third kappa shape index (κ3) is 6.21. The molecule has 29 heavy (non-hydrogen) atoms. The summed E-state index contributed by atoms with van der Waals surface area (Å²) in [6, 6.07) is 11.4. The maximum absolute atomic E-state index is 14.1. The Labute approximate surface area is 179 Å². The summed E-state index contributed by atoms with van der Waals surface area (Å²) >= 11 is 7.07. The number of thioether (sulfide) groups is 1. The molecule has 2 N–H and O–H groups in total. The Morgan fingerprint density at radius 3 is 2.62 bits per heavy atom. The Balaban J connectivity index is 1.57. The molecule has 0 saturated heterocycles. The zero-order valence-corrected chi connectivity index (χ0v) is 17.6. The molecule has 0 heterocycles. The van der Waals surface area contributed by atoms with Gasteiger partial charge in [-0.15, -0.1) is 11.8 Å². The van der Waals surface area contributed by atoms with Crippen LogP contribution in [0.25, 0.3) is 0 Å². The molecule has 1 fully saturated rings. The molecule has 2 aromatic rings. The molecule has 0 unspecified atom stereocenters. The minimum Gasteiger partial charge on any atom is -0.355 e. The fourth-order valence-corrected chi connectivity index (χ4v) is 4.47. The largest absolute Gasteiger partial charge is 0.355 e. The summed E-state index contributed by atoms with van der Waals surface area (Å²) < 4.78 is 14.1. The number of halogens is 2. The van der Waals surface area contributed by atoms with Crippen LogP contribution in [-0.2, 0) is 4.79 Å². The van der Waals surface area contributed by atoms with Crippen LogP contribution < -0.4 is 10.6 Å². The van der Waals surface area contributed by atoms with Crippen LogP contribution in [0.2, 0.25) is 5.02 Å². The van der Waals surface area contributed by atoms with Crippen molar-refractivity contribution in [1.29, 1.82) is 0 Å². The monoisotopic (exact) mass is 434 g/mol. The Bertz CT molecular complexity index is 872. The topological polar surface area (TPSA) is 58.2 Å². The number of carbonyl (C=O) groups is 2. The summed E-state index contributed by atoms with van der Waals surface area (Å²) in [7, 11) is 0. The molecule has 1 saturated carbocycles. The van der Waals surface area contributed by atoms with E-state index in [-0.39, 0.29) is 22.4 Å². The van der Waals surface area contributed by atoms with Gasteiger partial charge in [-0.2, -0.15) is 0 Å². The Morgan fingerprint density at radius 2 is 1.83 bits per heavy atom. The van der Waals surface area contributed by atoms with E-state index in [9.17, 15) is 14.0 Å². The molecule has 3 rings (SSSR count). The van der Waals surface area contributed by atoms with E-state index in [4.69, 9.17) is 11.6 Å². The third-order valence-electron chi connectivity index (χ3n) is 5.00. The molecule has 4 nitrogen and oxygen atoms in total. The van der Waals surface area contributed by atoms with E-state index in [1.54, 1.807) is 30.3 Å². The molecule has 0 bridgehead atoms. The van der Waals surface area contributed by atoms with Crippen molar-refractivity contribution >= 4 is 40.9 Å². The van der Waals surface area contributed by atoms with Crippen molar-refractivity contribution in [1.82, 2.24) is 5.32 Å². The summed E-state index contributed by atoms with van der Waals surface area (Å²) in [5.41, 5.74) is 0.407. The summed E-state index contributed by atoms with van der Waals surface area (Å²) in [5, 5.41) is 5.50. The van der Waals surface area contributed by atoms with Gasteiger partial charge in [-0.3, -0.25) is 9.59 Å². The first-order valence-corrected chi connectivity index (χ1v) is 11.1. The van der Waals surface area contributed by atoms with Gasteiger partial charge < -0.3 is 10.6 Å². The minimum absolute atomic E-state index is 0.0209. The lowest BCUT2D eigenvalue weighted by atomic mass is 9.89. The third-order valence-corrected chi connectivity index (χ3v) is 6.37. The van der Waals surface area contributed by atoms with Crippen LogP contribution in [-0.4, -0.2) is 24.1 Å². The standard InChI is InChI=1S/C22H24ClFN2O2S/c23-17-10-6-11-18(21(17)24)26-22(28)16-9-4-5-12-19(16)29-14-20(27)25-13-15-7-2-1-3-8-15/h4-6,9-12,15H,1-3,7-8,13-14H2,(H,25,27)(H,26,28). The molecular weight excluding hydrogens is 411 g/mol. The van der Waals surface area contributed by atoms with Crippen LogP contribution in [0.3, 0.4) is 0 Å². The highest BCUT2D eigenvalue weighted by molar-refractivity contribution is 8.00. The number of rotatable bonds is 7. The van der Waals surface area contributed by atoms with Gasteiger partial charge >= 0.3 is 0 Å². The van der Waals surface area contributed by atoms with E-state index in [2.05, 4.69) is 10.6 Å². The number of hydrogen-bond donors (Lipinski definition) is 2. The van der Waals surface area contributed by atoms with E-state index < -0.39 is 11.7 Å². The molecule has 0 aliphatic heterocycles. The first-order valence-electron chi connectivity index (χ1n) is 9.78. The quantitative estimate of drug-likeness (QED) is 0.564. The van der Waals surface area contributed by atoms with E-state index >= 15 is 0 Å². The Morgan fingerprint density at radius 1 is 1.07 bits per heavy atom. The van der Waals surface area contributed by atoms with Gasteiger partial charge in [0, 0.05) is 11.4 Å². The fourth-order valence-electron chi connectivity index (χ4n) is 3.41. The number of carbonyl (C=O) groups excluding carboxylic acids is 2. The first kappa shape index (κ1) is 21.7. The van der Waals surface area contributed by atoms with Crippen LogP contribution in [0, 0.1) is 11.7 Å². The van der Waals surface area contributed by atoms with Crippen molar-refractivity contribution in [2.75, 3.05) is 17.6 Å². The van der Waals surface area contributed by atoms with Crippen molar-refractivity contribution in [2.24, 2.45) is 5.92 Å². The van der Waals surface area contributed by atoms with Crippen LogP contribution >= 0.6 is 23.4 Å². The molecule has 0 spiro atoms. The van der Waals surface area contributed by atoms with Gasteiger partial charge in [-0.05, 0) is 43.0 Å². The maximum atomic E-state index is 14.1. The lowest BCUT2D eigenvalue weighted by molar-refractivity contribution is -0.118. The summed E-state index contributed by atoms with van der Waals surface area (Å²) in [6.45, 7) is 0.718. The number of amides is 2. The Hall–Kier alpha value is -2.05. The van der Waals surface area contributed by atoms with E-state index in [1.807, 2.05) is 0 Å². The lowest BCUT2D eigenvalue weighted by Crippen LogP contribution is -2.31. The molecule has 154 valence electrons. The van der Waals surface area contributed by atoms with Crippen molar-refractivity contribution in [3.8, 4) is 0 Å². The number of hydrogen-bond acceptors (Lipinski definition) is 3. The molecule has 1 aliphatic carbocycles.